The number of hydrogen-bond donors (Lipinski definition) is 1. The maximum Gasteiger partial charge on any atom is 0.387 e. The third-order valence-electron chi connectivity index (χ3n) is 2.91. The van der Waals surface area contributed by atoms with Gasteiger partial charge in [-0.15, -0.1) is 0 Å². The maximum atomic E-state index is 12.1. The molecular formula is C12H14ClF2NO2S. The predicted octanol–water partition coefficient (Wildman–Crippen LogP) is 3.26. The van der Waals surface area contributed by atoms with E-state index in [9.17, 15) is 13.0 Å². The Balaban J connectivity index is 1.98. The van der Waals surface area contributed by atoms with Gasteiger partial charge in [-0.1, -0.05) is 11.6 Å². The molecule has 0 aromatic heterocycles. The van der Waals surface area contributed by atoms with Crippen LogP contribution in [-0.4, -0.2) is 28.4 Å². The van der Waals surface area contributed by atoms with Gasteiger partial charge < -0.3 is 10.1 Å². The first-order valence-corrected chi connectivity index (χ1v) is 7.77. The van der Waals surface area contributed by atoms with Crippen LogP contribution < -0.4 is 10.1 Å². The minimum atomic E-state index is -2.88. The summed E-state index contributed by atoms with van der Waals surface area (Å²) in [7, 11) is -0.703. The number of ether oxygens (including phenoxy) is 1. The summed E-state index contributed by atoms with van der Waals surface area (Å²) >= 11 is 5.87. The Labute approximate surface area is 117 Å². The van der Waals surface area contributed by atoms with E-state index in [1.54, 1.807) is 12.1 Å². The molecule has 0 bridgehead atoms. The molecule has 0 saturated carbocycles. The predicted molar refractivity (Wildman–Crippen MR) is 72.6 cm³/mol. The van der Waals surface area contributed by atoms with Crippen molar-refractivity contribution in [3.8, 4) is 5.75 Å². The molecule has 1 fully saturated rings. The molecule has 1 aromatic rings. The molecule has 1 aliphatic heterocycles. The molecule has 1 N–H and O–H groups in total. The number of anilines is 1. The first-order valence-electron chi connectivity index (χ1n) is 5.90. The topological polar surface area (TPSA) is 38.3 Å². The number of hydrogen-bond acceptors (Lipinski definition) is 3. The van der Waals surface area contributed by atoms with E-state index in [1.165, 1.54) is 6.07 Å². The van der Waals surface area contributed by atoms with Crippen LogP contribution in [0, 0.1) is 0 Å². The highest BCUT2D eigenvalue weighted by Crippen LogP contribution is 2.29. The molecule has 0 amide bonds. The molecule has 1 aliphatic rings. The van der Waals surface area contributed by atoms with Gasteiger partial charge in [0.15, 0.2) is 0 Å². The Morgan fingerprint density at radius 2 is 2.05 bits per heavy atom. The lowest BCUT2D eigenvalue weighted by Crippen LogP contribution is -2.29. The van der Waals surface area contributed by atoms with Gasteiger partial charge in [0, 0.05) is 34.0 Å². The third-order valence-corrected chi connectivity index (χ3v) is 4.58. The molecule has 0 spiro atoms. The number of halogens is 3. The largest absolute Gasteiger partial charge is 0.433 e. The van der Waals surface area contributed by atoms with Crippen LogP contribution in [0.3, 0.4) is 0 Å². The molecule has 0 aliphatic carbocycles. The highest BCUT2D eigenvalue weighted by Gasteiger charge is 2.18. The third kappa shape index (κ3) is 4.31. The Morgan fingerprint density at radius 3 is 2.63 bits per heavy atom. The summed E-state index contributed by atoms with van der Waals surface area (Å²) in [6, 6.07) is 4.87. The highest BCUT2D eigenvalue weighted by molar-refractivity contribution is 7.85. The number of benzene rings is 1. The lowest BCUT2D eigenvalue weighted by Gasteiger charge is -2.23. The first kappa shape index (κ1) is 14.5. The molecule has 106 valence electrons. The van der Waals surface area contributed by atoms with E-state index < -0.39 is 17.4 Å². The summed E-state index contributed by atoms with van der Waals surface area (Å²) in [5.74, 6) is 1.35. The summed E-state index contributed by atoms with van der Waals surface area (Å²) < 4.78 is 39.7. The monoisotopic (exact) mass is 309 g/mol. The van der Waals surface area contributed by atoms with E-state index in [0.717, 1.165) is 18.5 Å². The zero-order valence-corrected chi connectivity index (χ0v) is 11.6. The van der Waals surface area contributed by atoms with Gasteiger partial charge in [0.2, 0.25) is 0 Å². The van der Waals surface area contributed by atoms with E-state index in [-0.39, 0.29) is 16.8 Å². The first-order chi connectivity index (χ1) is 9.04. The van der Waals surface area contributed by atoms with Crippen molar-refractivity contribution in [1.29, 1.82) is 0 Å². The minimum absolute atomic E-state index is 0.0352. The Hall–Kier alpha value is -0.880. The molecule has 7 heteroatoms. The molecule has 1 heterocycles. The minimum Gasteiger partial charge on any atom is -0.433 e. The van der Waals surface area contributed by atoms with Crippen LogP contribution in [-0.2, 0) is 10.8 Å². The van der Waals surface area contributed by atoms with Crippen molar-refractivity contribution in [1.82, 2.24) is 0 Å². The second-order valence-electron chi connectivity index (χ2n) is 4.29. The normalized spacial score (nSPS) is 23.4. The summed E-state index contributed by atoms with van der Waals surface area (Å²) in [6.45, 7) is -2.88. The molecular weight excluding hydrogens is 296 g/mol. The fraction of sp³-hybridized carbons (Fsp3) is 0.500. The van der Waals surface area contributed by atoms with Crippen LogP contribution in [0.2, 0.25) is 5.02 Å². The van der Waals surface area contributed by atoms with Crippen LogP contribution >= 0.6 is 11.6 Å². The molecule has 1 saturated heterocycles. The lowest BCUT2D eigenvalue weighted by molar-refractivity contribution is -0.0497. The number of rotatable bonds is 4. The van der Waals surface area contributed by atoms with Gasteiger partial charge in [-0.25, -0.2) is 0 Å². The summed E-state index contributed by atoms with van der Waals surface area (Å²) in [6.07, 6.45) is 1.67. The van der Waals surface area contributed by atoms with Gasteiger partial charge in [-0.2, -0.15) is 8.78 Å². The standard InChI is InChI=1S/C12H14ClF2NO2S/c13-10-7-9(1-2-11(10)18-12(14)15)16-8-3-5-19(17)6-4-8/h1-2,7-8,12,16H,3-6H2. The number of nitrogens with one attached hydrogen (secondary N) is 1. The quantitative estimate of drug-likeness (QED) is 0.927. The smallest absolute Gasteiger partial charge is 0.387 e. The maximum absolute atomic E-state index is 12.1. The average Bonchev–Trinajstić information content (AvgIpc) is 2.35. The molecule has 19 heavy (non-hydrogen) atoms. The molecule has 1 aromatic carbocycles. The Morgan fingerprint density at radius 1 is 1.37 bits per heavy atom. The summed E-state index contributed by atoms with van der Waals surface area (Å²) in [5.41, 5.74) is 0.754. The van der Waals surface area contributed by atoms with Crippen LogP contribution in [0.5, 0.6) is 5.75 Å². The van der Waals surface area contributed by atoms with Crippen molar-refractivity contribution in [3.63, 3.8) is 0 Å². The zero-order valence-electron chi connectivity index (χ0n) is 10.1. The zero-order chi connectivity index (χ0) is 13.8. The van der Waals surface area contributed by atoms with E-state index in [4.69, 9.17) is 11.6 Å². The van der Waals surface area contributed by atoms with Crippen molar-refractivity contribution in [2.24, 2.45) is 0 Å². The van der Waals surface area contributed by atoms with Gasteiger partial charge in [-0.3, -0.25) is 4.21 Å². The summed E-state index contributed by atoms with van der Waals surface area (Å²) in [4.78, 5) is 0. The fourth-order valence-electron chi connectivity index (χ4n) is 1.96. The molecule has 0 radical (unpaired) electrons. The van der Waals surface area contributed by atoms with Crippen LogP contribution in [0.1, 0.15) is 12.8 Å². The van der Waals surface area contributed by atoms with Gasteiger partial charge in [0.25, 0.3) is 0 Å². The SMILES string of the molecule is O=S1CCC(Nc2ccc(OC(F)F)c(Cl)c2)CC1. The summed E-state index contributed by atoms with van der Waals surface area (Å²) in [5, 5.41) is 3.40. The second-order valence-corrected chi connectivity index (χ2v) is 6.39. The van der Waals surface area contributed by atoms with Crippen molar-refractivity contribution in [2.75, 3.05) is 16.8 Å². The van der Waals surface area contributed by atoms with Crippen molar-refractivity contribution in [3.05, 3.63) is 23.2 Å². The second kappa shape index (κ2) is 6.52. The van der Waals surface area contributed by atoms with Crippen molar-refractivity contribution < 1.29 is 17.7 Å². The number of alkyl halides is 2. The van der Waals surface area contributed by atoms with Crippen molar-refractivity contribution >= 4 is 28.1 Å². The van der Waals surface area contributed by atoms with Gasteiger partial charge >= 0.3 is 6.61 Å². The van der Waals surface area contributed by atoms with Gasteiger partial charge in [-0.05, 0) is 31.0 Å². The fourth-order valence-corrected chi connectivity index (χ4v) is 3.48. The molecule has 2 rings (SSSR count). The van der Waals surface area contributed by atoms with E-state index in [2.05, 4.69) is 10.1 Å². The Kier molecular flexibility index (Phi) is 4.99. The molecule has 3 nitrogen and oxygen atoms in total. The van der Waals surface area contributed by atoms with Crippen molar-refractivity contribution in [2.45, 2.75) is 25.5 Å². The Bertz CT molecular complexity index is 463. The average molecular weight is 310 g/mol. The lowest BCUT2D eigenvalue weighted by atomic mass is 10.1. The van der Waals surface area contributed by atoms with E-state index in [0.29, 0.717) is 11.5 Å². The molecule has 0 atom stereocenters. The van der Waals surface area contributed by atoms with Crippen LogP contribution in [0.25, 0.3) is 0 Å². The highest BCUT2D eigenvalue weighted by atomic mass is 35.5. The van der Waals surface area contributed by atoms with Gasteiger partial charge in [0.05, 0.1) is 5.02 Å². The molecule has 0 unspecified atom stereocenters. The van der Waals surface area contributed by atoms with E-state index in [1.807, 2.05) is 0 Å². The van der Waals surface area contributed by atoms with Crippen LogP contribution in [0.15, 0.2) is 18.2 Å². The van der Waals surface area contributed by atoms with E-state index >= 15 is 0 Å². The van der Waals surface area contributed by atoms with Gasteiger partial charge in [0.1, 0.15) is 5.75 Å². The van der Waals surface area contributed by atoms with Crippen LogP contribution in [0.4, 0.5) is 14.5 Å².